The highest BCUT2D eigenvalue weighted by Gasteiger charge is 2.28. The fourth-order valence-electron chi connectivity index (χ4n) is 2.90. The van der Waals surface area contributed by atoms with Crippen molar-refractivity contribution in [1.82, 2.24) is 19.9 Å². The number of ether oxygens (including phenoxy) is 1. The van der Waals surface area contributed by atoms with Crippen molar-refractivity contribution in [2.75, 3.05) is 13.1 Å². The molecule has 2 aromatic rings. The summed E-state index contributed by atoms with van der Waals surface area (Å²) < 4.78 is 5.43. The third-order valence-corrected chi connectivity index (χ3v) is 3.96. The number of fused-ring (bicyclic) bond motifs is 1. The van der Waals surface area contributed by atoms with E-state index in [2.05, 4.69) is 15.0 Å². The van der Waals surface area contributed by atoms with Gasteiger partial charge in [-0.25, -0.2) is 14.8 Å². The molecule has 0 aromatic carbocycles. The van der Waals surface area contributed by atoms with E-state index in [1.54, 1.807) is 17.4 Å². The Bertz CT molecular complexity index is 666. The quantitative estimate of drug-likeness (QED) is 0.878. The number of nitrogens with one attached hydrogen (secondary N) is 1. The summed E-state index contributed by atoms with van der Waals surface area (Å²) >= 11 is 0. The van der Waals surface area contributed by atoms with E-state index in [-0.39, 0.29) is 6.09 Å². The first-order chi connectivity index (χ1) is 10.4. The van der Waals surface area contributed by atoms with Crippen molar-refractivity contribution in [3.05, 3.63) is 24.3 Å². The zero-order chi connectivity index (χ0) is 15.7. The number of aromatic nitrogens is 3. The minimum atomic E-state index is -0.443. The molecule has 1 aliphatic rings. The number of carbonyl (C=O) groups excluding carboxylic acids is 1. The number of hydrogen-bond acceptors (Lipinski definition) is 4. The van der Waals surface area contributed by atoms with Crippen LogP contribution in [0.15, 0.2) is 18.7 Å². The summed E-state index contributed by atoms with van der Waals surface area (Å²) in [6.45, 7) is 7.12. The maximum absolute atomic E-state index is 12.1. The van der Waals surface area contributed by atoms with Gasteiger partial charge < -0.3 is 14.6 Å². The van der Waals surface area contributed by atoms with Gasteiger partial charge in [-0.15, -0.1) is 0 Å². The Balaban J connectivity index is 1.66. The molecule has 0 unspecified atom stereocenters. The number of H-pyrrole nitrogens is 1. The molecule has 0 aliphatic carbocycles. The monoisotopic (exact) mass is 302 g/mol. The lowest BCUT2D eigenvalue weighted by atomic mass is 9.90. The fourth-order valence-corrected chi connectivity index (χ4v) is 2.90. The Hall–Kier alpha value is -2.11. The molecule has 0 saturated carbocycles. The van der Waals surface area contributed by atoms with Gasteiger partial charge in [-0.05, 0) is 45.1 Å². The summed E-state index contributed by atoms with van der Waals surface area (Å²) in [6, 6.07) is 0. The molecule has 1 fully saturated rings. The van der Waals surface area contributed by atoms with E-state index >= 15 is 0 Å². The maximum Gasteiger partial charge on any atom is 0.410 e. The standard InChI is InChI=1S/C16H22N4O2/c1-16(2,3)22-15(21)20-6-4-11(5-7-20)12-8-18-13-9-17-10-19-14(12)13/h8-11,18H,4-7H2,1-3H3. The van der Waals surface area contributed by atoms with Crippen molar-refractivity contribution in [1.29, 1.82) is 0 Å². The van der Waals surface area contributed by atoms with Crippen molar-refractivity contribution < 1.29 is 9.53 Å². The molecule has 6 heteroatoms. The van der Waals surface area contributed by atoms with Crippen molar-refractivity contribution in [2.45, 2.75) is 45.1 Å². The number of rotatable bonds is 1. The number of carbonyl (C=O) groups is 1. The van der Waals surface area contributed by atoms with Crippen LogP contribution >= 0.6 is 0 Å². The van der Waals surface area contributed by atoms with Crippen LogP contribution in [0.5, 0.6) is 0 Å². The molecule has 22 heavy (non-hydrogen) atoms. The van der Waals surface area contributed by atoms with Crippen LogP contribution in [0.4, 0.5) is 4.79 Å². The Morgan fingerprint density at radius 1 is 1.36 bits per heavy atom. The minimum Gasteiger partial charge on any atom is -0.444 e. The van der Waals surface area contributed by atoms with E-state index < -0.39 is 5.60 Å². The normalized spacial score (nSPS) is 17.0. The number of nitrogens with zero attached hydrogens (tertiary/aromatic N) is 3. The first-order valence-electron chi connectivity index (χ1n) is 7.69. The number of piperidine rings is 1. The molecular weight excluding hydrogens is 280 g/mol. The highest BCUT2D eigenvalue weighted by Crippen LogP contribution is 2.32. The Kier molecular flexibility index (Phi) is 3.76. The van der Waals surface area contributed by atoms with Gasteiger partial charge >= 0.3 is 6.09 Å². The summed E-state index contributed by atoms with van der Waals surface area (Å²) in [4.78, 5) is 25.5. The largest absolute Gasteiger partial charge is 0.444 e. The average Bonchev–Trinajstić information content (AvgIpc) is 2.89. The molecule has 6 nitrogen and oxygen atoms in total. The smallest absolute Gasteiger partial charge is 0.410 e. The van der Waals surface area contributed by atoms with Crippen LogP contribution < -0.4 is 0 Å². The fraction of sp³-hybridized carbons (Fsp3) is 0.562. The molecule has 118 valence electrons. The second-order valence-electron chi connectivity index (χ2n) is 6.77. The van der Waals surface area contributed by atoms with Crippen molar-refractivity contribution in [3.8, 4) is 0 Å². The molecule has 0 atom stereocenters. The summed E-state index contributed by atoms with van der Waals surface area (Å²) in [5.74, 6) is 0.419. The summed E-state index contributed by atoms with van der Waals surface area (Å²) in [5.41, 5.74) is 2.74. The van der Waals surface area contributed by atoms with E-state index in [9.17, 15) is 4.79 Å². The number of likely N-dealkylation sites (tertiary alicyclic amines) is 1. The van der Waals surface area contributed by atoms with Crippen molar-refractivity contribution >= 4 is 17.1 Å². The van der Waals surface area contributed by atoms with Crippen LogP contribution in [0.1, 0.15) is 45.1 Å². The first-order valence-corrected chi connectivity index (χ1v) is 7.69. The highest BCUT2D eigenvalue weighted by atomic mass is 16.6. The predicted molar refractivity (Wildman–Crippen MR) is 83.7 cm³/mol. The number of aromatic amines is 1. The molecule has 2 aromatic heterocycles. The van der Waals surface area contributed by atoms with E-state index in [1.807, 2.05) is 27.0 Å². The average molecular weight is 302 g/mol. The lowest BCUT2D eigenvalue weighted by molar-refractivity contribution is 0.0205. The van der Waals surface area contributed by atoms with Crippen LogP contribution in [0.25, 0.3) is 11.0 Å². The highest BCUT2D eigenvalue weighted by molar-refractivity contribution is 5.78. The Morgan fingerprint density at radius 2 is 2.09 bits per heavy atom. The Labute approximate surface area is 129 Å². The molecule has 1 saturated heterocycles. The zero-order valence-corrected chi connectivity index (χ0v) is 13.3. The van der Waals surface area contributed by atoms with Gasteiger partial charge in [-0.3, -0.25) is 0 Å². The van der Waals surface area contributed by atoms with Crippen LogP contribution in [0, 0.1) is 0 Å². The third kappa shape index (κ3) is 3.05. The van der Waals surface area contributed by atoms with Crippen LogP contribution in [-0.4, -0.2) is 44.6 Å². The molecule has 0 bridgehead atoms. The zero-order valence-electron chi connectivity index (χ0n) is 13.3. The lowest BCUT2D eigenvalue weighted by Gasteiger charge is -2.33. The first kappa shape index (κ1) is 14.8. The van der Waals surface area contributed by atoms with Crippen molar-refractivity contribution in [3.63, 3.8) is 0 Å². The lowest BCUT2D eigenvalue weighted by Crippen LogP contribution is -2.41. The van der Waals surface area contributed by atoms with Gasteiger partial charge in [0.15, 0.2) is 0 Å². The van der Waals surface area contributed by atoms with E-state index in [0.717, 1.165) is 37.0 Å². The molecule has 0 spiro atoms. The van der Waals surface area contributed by atoms with Gasteiger partial charge in [0.2, 0.25) is 0 Å². The number of hydrogen-bond donors (Lipinski definition) is 1. The minimum absolute atomic E-state index is 0.216. The van der Waals surface area contributed by atoms with Gasteiger partial charge in [-0.1, -0.05) is 0 Å². The summed E-state index contributed by atoms with van der Waals surface area (Å²) in [5, 5.41) is 0. The van der Waals surface area contributed by atoms with E-state index in [1.165, 1.54) is 5.56 Å². The van der Waals surface area contributed by atoms with Crippen LogP contribution in [0.3, 0.4) is 0 Å². The van der Waals surface area contributed by atoms with Gasteiger partial charge in [0, 0.05) is 19.3 Å². The molecule has 1 aliphatic heterocycles. The van der Waals surface area contributed by atoms with E-state index in [0.29, 0.717) is 5.92 Å². The molecule has 1 amide bonds. The molecule has 3 rings (SSSR count). The van der Waals surface area contributed by atoms with Crippen LogP contribution in [-0.2, 0) is 4.74 Å². The van der Waals surface area contributed by atoms with E-state index in [4.69, 9.17) is 4.74 Å². The summed E-state index contributed by atoms with van der Waals surface area (Å²) in [7, 11) is 0. The topological polar surface area (TPSA) is 71.1 Å². The van der Waals surface area contributed by atoms with Crippen LogP contribution in [0.2, 0.25) is 0 Å². The molecule has 1 N–H and O–H groups in total. The molecule has 3 heterocycles. The van der Waals surface area contributed by atoms with Gasteiger partial charge in [0.1, 0.15) is 11.9 Å². The second kappa shape index (κ2) is 5.59. The number of amides is 1. The SMILES string of the molecule is CC(C)(C)OC(=O)N1CCC(c2c[nH]c3cncnc23)CC1. The van der Waals surface area contributed by atoms with Gasteiger partial charge in [-0.2, -0.15) is 0 Å². The van der Waals surface area contributed by atoms with Crippen molar-refractivity contribution in [2.24, 2.45) is 0 Å². The maximum atomic E-state index is 12.1. The third-order valence-electron chi connectivity index (χ3n) is 3.96. The second-order valence-corrected chi connectivity index (χ2v) is 6.77. The molecule has 0 radical (unpaired) electrons. The van der Waals surface area contributed by atoms with Gasteiger partial charge in [0.05, 0.1) is 17.2 Å². The van der Waals surface area contributed by atoms with Gasteiger partial charge in [0.25, 0.3) is 0 Å². The Morgan fingerprint density at radius 3 is 2.77 bits per heavy atom. The predicted octanol–water partition coefficient (Wildman–Crippen LogP) is 3.07. The summed E-state index contributed by atoms with van der Waals surface area (Å²) in [6.07, 6.45) is 7.03. The molecular formula is C16H22N4O2.